The third-order valence-electron chi connectivity index (χ3n) is 4.21. The maximum absolute atomic E-state index is 14.4. The highest BCUT2D eigenvalue weighted by Gasteiger charge is 2.45. The third-order valence-corrected chi connectivity index (χ3v) is 4.21. The van der Waals surface area contributed by atoms with E-state index in [9.17, 15) is 19.1 Å². The molecule has 0 saturated carbocycles. The number of aliphatic hydroxyl groups is 2. The molecule has 1 aromatic carbocycles. The lowest BCUT2D eigenvalue weighted by Gasteiger charge is -2.26. The molecule has 27 heavy (non-hydrogen) atoms. The van der Waals surface area contributed by atoms with Gasteiger partial charge in [0.2, 0.25) is 5.78 Å². The van der Waals surface area contributed by atoms with Crippen LogP contribution in [-0.4, -0.2) is 53.2 Å². The SMILES string of the molecule is O=C(C1=C(O)C(=O)N(CCOCCO)[C@H]1c1ccccc1F)c1ccco1. The summed E-state index contributed by atoms with van der Waals surface area (Å²) in [4.78, 5) is 26.5. The first-order valence-corrected chi connectivity index (χ1v) is 8.31. The van der Waals surface area contributed by atoms with Gasteiger partial charge in [-0.25, -0.2) is 4.39 Å². The Kier molecular flexibility index (Phi) is 5.68. The summed E-state index contributed by atoms with van der Waals surface area (Å²) >= 11 is 0. The molecule has 0 spiro atoms. The first kappa shape index (κ1) is 18.8. The molecule has 0 bridgehead atoms. The minimum absolute atomic E-state index is 0.00315. The van der Waals surface area contributed by atoms with E-state index in [0.29, 0.717) is 0 Å². The van der Waals surface area contributed by atoms with Gasteiger partial charge in [-0.1, -0.05) is 18.2 Å². The van der Waals surface area contributed by atoms with Crippen LogP contribution in [0.4, 0.5) is 4.39 Å². The van der Waals surface area contributed by atoms with Crippen LogP contribution < -0.4 is 0 Å². The van der Waals surface area contributed by atoms with Crippen molar-refractivity contribution in [3.63, 3.8) is 0 Å². The van der Waals surface area contributed by atoms with Gasteiger partial charge >= 0.3 is 0 Å². The molecule has 1 amide bonds. The molecule has 0 aliphatic carbocycles. The van der Waals surface area contributed by atoms with Gasteiger partial charge in [0, 0.05) is 12.1 Å². The molecule has 8 heteroatoms. The van der Waals surface area contributed by atoms with E-state index in [1.165, 1.54) is 41.5 Å². The molecule has 2 N–H and O–H groups in total. The van der Waals surface area contributed by atoms with E-state index in [-0.39, 0.29) is 43.3 Å². The second kappa shape index (κ2) is 8.15. The van der Waals surface area contributed by atoms with E-state index in [0.717, 1.165) is 0 Å². The maximum Gasteiger partial charge on any atom is 0.290 e. The van der Waals surface area contributed by atoms with E-state index in [4.69, 9.17) is 14.3 Å². The molecule has 1 aromatic heterocycles. The average molecular weight is 375 g/mol. The van der Waals surface area contributed by atoms with Gasteiger partial charge in [0.05, 0.1) is 37.7 Å². The van der Waals surface area contributed by atoms with Crippen LogP contribution in [0.2, 0.25) is 0 Å². The van der Waals surface area contributed by atoms with E-state index in [2.05, 4.69) is 0 Å². The molecule has 2 heterocycles. The summed E-state index contributed by atoms with van der Waals surface area (Å²) in [7, 11) is 0. The smallest absolute Gasteiger partial charge is 0.290 e. The summed E-state index contributed by atoms with van der Waals surface area (Å²) in [6, 6.07) is 7.51. The largest absolute Gasteiger partial charge is 0.503 e. The molecule has 2 aromatic rings. The van der Waals surface area contributed by atoms with Crippen molar-refractivity contribution in [3.8, 4) is 0 Å². The van der Waals surface area contributed by atoms with Crippen molar-refractivity contribution in [1.82, 2.24) is 4.90 Å². The van der Waals surface area contributed by atoms with Crippen molar-refractivity contribution in [3.05, 3.63) is 71.1 Å². The number of carbonyl (C=O) groups is 2. The molecule has 0 fully saturated rings. The molecule has 142 valence electrons. The fourth-order valence-electron chi connectivity index (χ4n) is 3.01. The van der Waals surface area contributed by atoms with Gasteiger partial charge in [0.15, 0.2) is 11.5 Å². The quantitative estimate of drug-likeness (QED) is 0.541. The van der Waals surface area contributed by atoms with Crippen molar-refractivity contribution in [2.45, 2.75) is 6.04 Å². The summed E-state index contributed by atoms with van der Waals surface area (Å²) < 4.78 is 24.7. The molecule has 0 radical (unpaired) electrons. The first-order valence-electron chi connectivity index (χ1n) is 8.31. The Balaban J connectivity index is 2.00. The number of nitrogens with zero attached hydrogens (tertiary/aromatic N) is 1. The molecular weight excluding hydrogens is 357 g/mol. The van der Waals surface area contributed by atoms with Crippen molar-refractivity contribution in [2.75, 3.05) is 26.4 Å². The Hall–Kier alpha value is -2.97. The topological polar surface area (TPSA) is 100 Å². The van der Waals surface area contributed by atoms with E-state index in [1.54, 1.807) is 6.07 Å². The molecule has 7 nitrogen and oxygen atoms in total. The first-order chi connectivity index (χ1) is 13.1. The van der Waals surface area contributed by atoms with Gasteiger partial charge in [-0.15, -0.1) is 0 Å². The highest BCUT2D eigenvalue weighted by Crippen LogP contribution is 2.39. The monoisotopic (exact) mass is 375 g/mol. The summed E-state index contributed by atoms with van der Waals surface area (Å²) in [6.45, 7) is -0.0655. The molecular formula is C19H18FNO6. The number of Topliss-reactive ketones (excluding diaryl/α,β-unsaturated/α-hetero) is 1. The lowest BCUT2D eigenvalue weighted by Crippen LogP contribution is -2.34. The van der Waals surface area contributed by atoms with Crippen molar-refractivity contribution < 1.29 is 33.3 Å². The fraction of sp³-hybridized carbons (Fsp3) is 0.263. The van der Waals surface area contributed by atoms with E-state index in [1.807, 2.05) is 0 Å². The van der Waals surface area contributed by atoms with Gasteiger partial charge in [0.25, 0.3) is 5.91 Å². The zero-order chi connectivity index (χ0) is 19.4. The Morgan fingerprint density at radius 3 is 2.67 bits per heavy atom. The fourth-order valence-corrected chi connectivity index (χ4v) is 3.01. The van der Waals surface area contributed by atoms with Crippen LogP contribution in [0.15, 0.2) is 58.4 Å². The standard InChI is InChI=1S/C19H18FNO6/c20-13-5-2-1-4-12(13)16-15(17(23)14-6-3-9-27-14)18(24)19(25)21(16)7-10-26-11-8-22/h1-6,9,16,22,24H,7-8,10-11H2/t16-/m0/s1. The lowest BCUT2D eigenvalue weighted by molar-refractivity contribution is -0.130. The second-order valence-corrected chi connectivity index (χ2v) is 5.83. The lowest BCUT2D eigenvalue weighted by atomic mass is 9.94. The molecule has 1 aliphatic rings. The highest BCUT2D eigenvalue weighted by molar-refractivity contribution is 6.15. The second-order valence-electron chi connectivity index (χ2n) is 5.83. The van der Waals surface area contributed by atoms with Crippen LogP contribution in [0.3, 0.4) is 0 Å². The number of halogens is 1. The van der Waals surface area contributed by atoms with Gasteiger partial charge in [-0.2, -0.15) is 0 Å². The molecule has 3 rings (SSSR count). The minimum atomic E-state index is -1.12. The van der Waals surface area contributed by atoms with Crippen LogP contribution in [0.25, 0.3) is 0 Å². The van der Waals surface area contributed by atoms with Gasteiger partial charge in [-0.3, -0.25) is 9.59 Å². The Bertz CT molecular complexity index is 861. The van der Waals surface area contributed by atoms with Gasteiger partial charge in [-0.05, 0) is 18.2 Å². The predicted octanol–water partition coefficient (Wildman–Crippen LogP) is 2.01. The molecule has 0 unspecified atom stereocenters. The predicted molar refractivity (Wildman–Crippen MR) is 91.5 cm³/mol. The maximum atomic E-state index is 14.4. The normalized spacial score (nSPS) is 17.0. The van der Waals surface area contributed by atoms with Crippen LogP contribution in [0.1, 0.15) is 22.2 Å². The number of ether oxygens (including phenoxy) is 1. The number of rotatable bonds is 8. The Morgan fingerprint density at radius 1 is 1.22 bits per heavy atom. The summed E-state index contributed by atoms with van der Waals surface area (Å²) in [5, 5.41) is 19.1. The number of ketones is 1. The Morgan fingerprint density at radius 2 is 2.00 bits per heavy atom. The number of carbonyl (C=O) groups excluding carboxylic acids is 2. The van der Waals surface area contributed by atoms with Gasteiger partial charge in [0.1, 0.15) is 5.82 Å². The number of aliphatic hydroxyl groups excluding tert-OH is 2. The van der Waals surface area contributed by atoms with Gasteiger partial charge < -0.3 is 24.3 Å². The van der Waals surface area contributed by atoms with Crippen molar-refractivity contribution in [2.24, 2.45) is 0 Å². The highest BCUT2D eigenvalue weighted by atomic mass is 19.1. The molecule has 1 atom stereocenters. The summed E-state index contributed by atoms with van der Waals surface area (Å²) in [5.41, 5.74) is -0.172. The van der Waals surface area contributed by atoms with Crippen LogP contribution in [-0.2, 0) is 9.53 Å². The van der Waals surface area contributed by atoms with Crippen molar-refractivity contribution >= 4 is 11.7 Å². The number of hydrogen-bond acceptors (Lipinski definition) is 6. The summed E-state index contributed by atoms with van der Waals surface area (Å²) in [6.07, 6.45) is 1.29. The Labute approximate surface area is 154 Å². The number of amides is 1. The van der Waals surface area contributed by atoms with Crippen LogP contribution in [0.5, 0.6) is 0 Å². The number of benzene rings is 1. The van der Waals surface area contributed by atoms with E-state index < -0.39 is 29.3 Å². The minimum Gasteiger partial charge on any atom is -0.503 e. The molecule has 0 saturated heterocycles. The average Bonchev–Trinajstić information content (AvgIpc) is 3.28. The number of hydrogen-bond donors (Lipinski definition) is 2. The van der Waals surface area contributed by atoms with E-state index >= 15 is 0 Å². The van der Waals surface area contributed by atoms with Crippen molar-refractivity contribution in [1.29, 1.82) is 0 Å². The number of furan rings is 1. The van der Waals surface area contributed by atoms with Crippen LogP contribution in [0, 0.1) is 5.82 Å². The van der Waals surface area contributed by atoms with Crippen LogP contribution >= 0.6 is 0 Å². The summed E-state index contributed by atoms with van der Waals surface area (Å²) in [5.74, 6) is -2.92. The molecule has 1 aliphatic heterocycles. The zero-order valence-corrected chi connectivity index (χ0v) is 14.3. The zero-order valence-electron chi connectivity index (χ0n) is 14.3. The third kappa shape index (κ3) is 3.62.